The third-order valence-electron chi connectivity index (χ3n) is 2.92. The predicted molar refractivity (Wildman–Crippen MR) is 76.9 cm³/mol. The molecule has 0 saturated heterocycles. The highest BCUT2D eigenvalue weighted by molar-refractivity contribution is 5.94. The van der Waals surface area contributed by atoms with Crippen molar-refractivity contribution in [2.45, 2.75) is 19.8 Å². The number of hydrogen-bond donors (Lipinski definition) is 1. The van der Waals surface area contributed by atoms with Crippen molar-refractivity contribution < 1.29 is 22.7 Å². The summed E-state index contributed by atoms with van der Waals surface area (Å²) in [5.74, 6) is -0.291. The van der Waals surface area contributed by atoms with Gasteiger partial charge < -0.3 is 10.1 Å². The smallest absolute Gasteiger partial charge is 0.406 e. The van der Waals surface area contributed by atoms with E-state index in [9.17, 15) is 18.0 Å². The van der Waals surface area contributed by atoms with Crippen LogP contribution in [-0.4, -0.2) is 12.1 Å². The van der Waals surface area contributed by atoms with Gasteiger partial charge in [-0.1, -0.05) is 30.3 Å². The highest BCUT2D eigenvalue weighted by atomic mass is 19.4. The van der Waals surface area contributed by atoms with Crippen LogP contribution < -0.4 is 10.1 Å². The molecule has 116 valence electrons. The van der Waals surface area contributed by atoms with Crippen LogP contribution in [-0.2, 0) is 6.54 Å². The van der Waals surface area contributed by atoms with E-state index in [0.29, 0.717) is 17.8 Å². The van der Waals surface area contributed by atoms with Crippen molar-refractivity contribution >= 4 is 11.5 Å². The van der Waals surface area contributed by atoms with E-state index in [2.05, 4.69) is 10.1 Å². The molecule has 0 aliphatic rings. The fourth-order valence-electron chi connectivity index (χ4n) is 1.86. The summed E-state index contributed by atoms with van der Waals surface area (Å²) in [5.41, 5.74) is 2.04. The van der Waals surface area contributed by atoms with E-state index in [1.54, 1.807) is 30.3 Å². The zero-order valence-corrected chi connectivity index (χ0v) is 11.8. The summed E-state index contributed by atoms with van der Waals surface area (Å²) in [6, 6.07) is 12.6. The van der Waals surface area contributed by atoms with Gasteiger partial charge >= 0.3 is 6.36 Å². The number of ether oxygens (including phenoxy) is 1. The van der Waals surface area contributed by atoms with Crippen LogP contribution in [0, 0.1) is 0 Å². The van der Waals surface area contributed by atoms with Gasteiger partial charge in [-0.15, -0.1) is 13.2 Å². The van der Waals surface area contributed by atoms with Crippen LogP contribution in [0.4, 0.5) is 18.9 Å². The van der Waals surface area contributed by atoms with Crippen LogP contribution in [0.25, 0.3) is 0 Å². The van der Waals surface area contributed by atoms with Gasteiger partial charge in [-0.2, -0.15) is 0 Å². The molecule has 0 heterocycles. The van der Waals surface area contributed by atoms with Crippen LogP contribution in [0.2, 0.25) is 0 Å². The molecule has 0 saturated carbocycles. The average Bonchev–Trinajstić information content (AvgIpc) is 2.44. The number of anilines is 1. The van der Waals surface area contributed by atoms with Gasteiger partial charge in [-0.25, -0.2) is 0 Å². The Balaban J connectivity index is 1.99. The van der Waals surface area contributed by atoms with E-state index >= 15 is 0 Å². The van der Waals surface area contributed by atoms with E-state index in [4.69, 9.17) is 0 Å². The van der Waals surface area contributed by atoms with Crippen molar-refractivity contribution in [1.82, 2.24) is 0 Å². The molecule has 6 heteroatoms. The molecule has 3 nitrogen and oxygen atoms in total. The standard InChI is InChI=1S/C16H14F3NO2/c1-11(21)13-7-5-12(6-8-13)10-20-14-3-2-4-15(9-14)22-16(17,18)19/h2-9,20H,10H2,1H3. The molecule has 0 bridgehead atoms. The Hall–Kier alpha value is -2.50. The van der Waals surface area contributed by atoms with Crippen molar-refractivity contribution in [1.29, 1.82) is 0 Å². The second kappa shape index (κ2) is 6.51. The predicted octanol–water partition coefficient (Wildman–Crippen LogP) is 4.40. The largest absolute Gasteiger partial charge is 0.573 e. The van der Waals surface area contributed by atoms with Gasteiger partial charge in [-0.05, 0) is 24.6 Å². The first kappa shape index (κ1) is 15.9. The Morgan fingerprint density at radius 2 is 1.82 bits per heavy atom. The lowest BCUT2D eigenvalue weighted by Crippen LogP contribution is -2.17. The Morgan fingerprint density at radius 3 is 2.41 bits per heavy atom. The van der Waals surface area contributed by atoms with Crippen LogP contribution in [0.1, 0.15) is 22.8 Å². The summed E-state index contributed by atoms with van der Waals surface area (Å²) in [4.78, 5) is 11.2. The molecule has 0 amide bonds. The molecule has 0 aromatic heterocycles. The summed E-state index contributed by atoms with van der Waals surface area (Å²) in [7, 11) is 0. The van der Waals surface area contributed by atoms with Crippen molar-refractivity contribution in [3.63, 3.8) is 0 Å². The van der Waals surface area contributed by atoms with Crippen molar-refractivity contribution in [2.24, 2.45) is 0 Å². The first-order valence-corrected chi connectivity index (χ1v) is 6.53. The highest BCUT2D eigenvalue weighted by Gasteiger charge is 2.31. The summed E-state index contributed by atoms with van der Waals surface area (Å²) in [6.45, 7) is 1.91. The van der Waals surface area contributed by atoms with E-state index in [1.807, 2.05) is 0 Å². The minimum absolute atomic E-state index is 0.0171. The molecule has 22 heavy (non-hydrogen) atoms. The van der Waals surface area contributed by atoms with Crippen LogP contribution in [0.3, 0.4) is 0 Å². The fourth-order valence-corrected chi connectivity index (χ4v) is 1.86. The highest BCUT2D eigenvalue weighted by Crippen LogP contribution is 2.25. The minimum atomic E-state index is -4.71. The van der Waals surface area contributed by atoms with E-state index < -0.39 is 6.36 Å². The zero-order valence-electron chi connectivity index (χ0n) is 11.8. The van der Waals surface area contributed by atoms with E-state index in [1.165, 1.54) is 25.1 Å². The van der Waals surface area contributed by atoms with Crippen molar-refractivity contribution in [3.05, 3.63) is 59.7 Å². The lowest BCUT2D eigenvalue weighted by Gasteiger charge is -2.11. The second-order valence-corrected chi connectivity index (χ2v) is 4.68. The molecule has 0 aliphatic heterocycles. The molecular weight excluding hydrogens is 295 g/mol. The molecule has 0 unspecified atom stereocenters. The Kier molecular flexibility index (Phi) is 4.70. The van der Waals surface area contributed by atoms with Gasteiger partial charge in [0.1, 0.15) is 5.75 Å². The topological polar surface area (TPSA) is 38.3 Å². The normalized spacial score (nSPS) is 11.1. The number of carbonyl (C=O) groups is 1. The summed E-state index contributed by atoms with van der Waals surface area (Å²) >= 11 is 0. The van der Waals surface area contributed by atoms with Gasteiger partial charge in [0.15, 0.2) is 5.78 Å². The van der Waals surface area contributed by atoms with Crippen LogP contribution in [0.15, 0.2) is 48.5 Å². The number of rotatable bonds is 5. The fraction of sp³-hybridized carbons (Fsp3) is 0.188. The molecule has 1 N–H and O–H groups in total. The molecule has 2 aromatic carbocycles. The van der Waals surface area contributed by atoms with Crippen molar-refractivity contribution in [2.75, 3.05) is 5.32 Å². The zero-order chi connectivity index (χ0) is 16.2. The second-order valence-electron chi connectivity index (χ2n) is 4.68. The molecule has 0 aliphatic carbocycles. The Bertz CT molecular complexity index is 651. The van der Waals surface area contributed by atoms with Gasteiger partial charge in [0.25, 0.3) is 0 Å². The molecule has 0 fully saturated rings. The summed E-state index contributed by atoms with van der Waals surface area (Å²) in [5, 5.41) is 3.00. The number of hydrogen-bond acceptors (Lipinski definition) is 3. The molecule has 2 aromatic rings. The third kappa shape index (κ3) is 4.80. The molecule has 0 radical (unpaired) electrons. The van der Waals surface area contributed by atoms with E-state index in [0.717, 1.165) is 5.56 Å². The SMILES string of the molecule is CC(=O)c1ccc(CNc2cccc(OC(F)(F)F)c2)cc1. The lowest BCUT2D eigenvalue weighted by molar-refractivity contribution is -0.274. The molecule has 0 spiro atoms. The number of halogens is 3. The lowest BCUT2D eigenvalue weighted by atomic mass is 10.1. The number of benzene rings is 2. The monoisotopic (exact) mass is 309 g/mol. The summed E-state index contributed by atoms with van der Waals surface area (Å²) < 4.78 is 40.3. The summed E-state index contributed by atoms with van der Waals surface area (Å²) in [6.07, 6.45) is -4.71. The van der Waals surface area contributed by atoms with Gasteiger partial charge in [-0.3, -0.25) is 4.79 Å². The maximum absolute atomic E-state index is 12.2. The maximum Gasteiger partial charge on any atom is 0.573 e. The number of Topliss-reactive ketones (excluding diaryl/α,β-unsaturated/α-hetero) is 1. The number of nitrogens with one attached hydrogen (secondary N) is 1. The quantitative estimate of drug-likeness (QED) is 0.832. The number of carbonyl (C=O) groups excluding carboxylic acids is 1. The Morgan fingerprint density at radius 1 is 1.14 bits per heavy atom. The van der Waals surface area contributed by atoms with Gasteiger partial charge in [0.2, 0.25) is 0 Å². The molecule has 2 rings (SSSR count). The average molecular weight is 309 g/mol. The Labute approximate surface area is 125 Å². The van der Waals surface area contributed by atoms with Crippen LogP contribution >= 0.6 is 0 Å². The first-order valence-electron chi connectivity index (χ1n) is 6.53. The molecule has 0 atom stereocenters. The first-order chi connectivity index (χ1) is 10.3. The van der Waals surface area contributed by atoms with Crippen LogP contribution in [0.5, 0.6) is 5.75 Å². The van der Waals surface area contributed by atoms with Gasteiger partial charge in [0, 0.05) is 23.9 Å². The minimum Gasteiger partial charge on any atom is -0.406 e. The maximum atomic E-state index is 12.2. The van der Waals surface area contributed by atoms with E-state index in [-0.39, 0.29) is 11.5 Å². The van der Waals surface area contributed by atoms with Gasteiger partial charge in [0.05, 0.1) is 0 Å². The number of ketones is 1. The number of alkyl halides is 3. The van der Waals surface area contributed by atoms with Crippen molar-refractivity contribution in [3.8, 4) is 5.75 Å². The molecular formula is C16H14F3NO2. The third-order valence-corrected chi connectivity index (χ3v) is 2.92.